The second-order valence-corrected chi connectivity index (χ2v) is 6.65. The molecule has 0 aromatic heterocycles. The summed E-state index contributed by atoms with van der Waals surface area (Å²) >= 11 is 11.8. The summed E-state index contributed by atoms with van der Waals surface area (Å²) in [5, 5.41) is 2.86. The van der Waals surface area contributed by atoms with Gasteiger partial charge in [0, 0.05) is 6.54 Å². The quantitative estimate of drug-likeness (QED) is 0.584. The van der Waals surface area contributed by atoms with Crippen LogP contribution in [0, 0.1) is 0 Å². The van der Waals surface area contributed by atoms with Gasteiger partial charge in [-0.25, -0.2) is 4.79 Å². The maximum atomic E-state index is 12.5. The van der Waals surface area contributed by atoms with E-state index in [0.29, 0.717) is 6.54 Å². The van der Waals surface area contributed by atoms with Gasteiger partial charge < -0.3 is 10.1 Å². The molecule has 0 spiro atoms. The van der Waals surface area contributed by atoms with Crippen molar-refractivity contribution in [2.45, 2.75) is 39.3 Å². The van der Waals surface area contributed by atoms with Gasteiger partial charge in [-0.1, -0.05) is 30.1 Å². The standard InChI is InChI=1S/C17H18Cl2N2O5/c1-4-5-20-14(22)9(3)26-17(25)8(2)21-15(23)10-6-12(18)13(19)7-11(10)16(21)24/h6-9H,4-5H2,1-3H3,(H,20,22)/t8-,9+/m0/s1. The number of nitrogens with zero attached hydrogens (tertiary/aromatic N) is 1. The van der Waals surface area contributed by atoms with Crippen LogP contribution in [0.25, 0.3) is 0 Å². The first-order valence-corrected chi connectivity index (χ1v) is 8.79. The van der Waals surface area contributed by atoms with E-state index in [4.69, 9.17) is 27.9 Å². The number of esters is 1. The Morgan fingerprint density at radius 1 is 1.12 bits per heavy atom. The van der Waals surface area contributed by atoms with Crippen molar-refractivity contribution in [1.82, 2.24) is 10.2 Å². The molecule has 2 atom stereocenters. The number of amides is 3. The molecule has 1 aromatic carbocycles. The molecule has 7 nitrogen and oxygen atoms in total. The Bertz CT molecular complexity index is 740. The number of ether oxygens (including phenoxy) is 1. The highest BCUT2D eigenvalue weighted by molar-refractivity contribution is 6.43. The number of benzene rings is 1. The minimum absolute atomic E-state index is 0.0674. The van der Waals surface area contributed by atoms with Gasteiger partial charge in [0.25, 0.3) is 17.7 Å². The van der Waals surface area contributed by atoms with E-state index in [1.54, 1.807) is 0 Å². The Kier molecular flexibility index (Phi) is 6.26. The highest BCUT2D eigenvalue weighted by Crippen LogP contribution is 2.32. The highest BCUT2D eigenvalue weighted by Gasteiger charge is 2.42. The molecule has 0 bridgehead atoms. The summed E-state index contributed by atoms with van der Waals surface area (Å²) in [6.45, 7) is 5.11. The van der Waals surface area contributed by atoms with Crippen LogP contribution in [0.4, 0.5) is 0 Å². The third-order valence-corrected chi connectivity index (χ3v) is 4.62. The first kappa shape index (κ1) is 20.2. The SMILES string of the molecule is CCCNC(=O)[C@@H](C)OC(=O)[C@H](C)N1C(=O)c2cc(Cl)c(Cl)cc2C1=O. The van der Waals surface area contributed by atoms with Crippen LogP contribution in [-0.4, -0.2) is 47.3 Å². The Morgan fingerprint density at radius 3 is 2.08 bits per heavy atom. The topological polar surface area (TPSA) is 92.8 Å². The van der Waals surface area contributed by atoms with E-state index < -0.39 is 35.8 Å². The molecule has 9 heteroatoms. The zero-order chi connectivity index (χ0) is 19.6. The molecule has 0 radical (unpaired) electrons. The lowest BCUT2D eigenvalue weighted by molar-refractivity contribution is -0.158. The fourth-order valence-corrected chi connectivity index (χ4v) is 2.76. The maximum absolute atomic E-state index is 12.5. The molecule has 1 N–H and O–H groups in total. The predicted octanol–water partition coefficient (Wildman–Crippen LogP) is 2.44. The summed E-state index contributed by atoms with van der Waals surface area (Å²) in [6, 6.07) is 1.37. The van der Waals surface area contributed by atoms with Gasteiger partial charge in [0.15, 0.2) is 6.10 Å². The minimum atomic E-state index is -1.21. The maximum Gasteiger partial charge on any atom is 0.329 e. The molecule has 1 aromatic rings. The third-order valence-electron chi connectivity index (χ3n) is 3.90. The lowest BCUT2D eigenvalue weighted by Crippen LogP contribution is -2.46. The zero-order valence-electron chi connectivity index (χ0n) is 14.5. The first-order chi connectivity index (χ1) is 12.2. The molecular formula is C17H18Cl2N2O5. The summed E-state index contributed by atoms with van der Waals surface area (Å²) in [7, 11) is 0. The van der Waals surface area contributed by atoms with Crippen molar-refractivity contribution in [3.63, 3.8) is 0 Å². The van der Waals surface area contributed by atoms with Crippen molar-refractivity contribution in [3.8, 4) is 0 Å². The number of imide groups is 1. The van der Waals surface area contributed by atoms with Gasteiger partial charge >= 0.3 is 5.97 Å². The molecule has 0 unspecified atom stereocenters. The summed E-state index contributed by atoms with van der Waals surface area (Å²) in [6.07, 6.45) is -0.307. The summed E-state index contributed by atoms with van der Waals surface area (Å²) in [5.74, 6) is -2.66. The van der Waals surface area contributed by atoms with E-state index in [2.05, 4.69) is 5.32 Å². The number of rotatable bonds is 6. The Balaban J connectivity index is 2.13. The van der Waals surface area contributed by atoms with E-state index >= 15 is 0 Å². The van der Waals surface area contributed by atoms with Gasteiger partial charge in [0.2, 0.25) is 0 Å². The largest absolute Gasteiger partial charge is 0.451 e. The van der Waals surface area contributed by atoms with Crippen molar-refractivity contribution in [3.05, 3.63) is 33.3 Å². The normalized spacial score (nSPS) is 15.5. The van der Waals surface area contributed by atoms with Gasteiger partial charge in [-0.15, -0.1) is 0 Å². The molecule has 140 valence electrons. The van der Waals surface area contributed by atoms with Crippen LogP contribution >= 0.6 is 23.2 Å². The number of nitrogens with one attached hydrogen (secondary N) is 1. The Morgan fingerprint density at radius 2 is 1.62 bits per heavy atom. The highest BCUT2D eigenvalue weighted by atomic mass is 35.5. The van der Waals surface area contributed by atoms with Crippen LogP contribution in [0.3, 0.4) is 0 Å². The molecule has 1 aliphatic heterocycles. The Labute approximate surface area is 160 Å². The van der Waals surface area contributed by atoms with Crippen LogP contribution < -0.4 is 5.32 Å². The number of halogens is 2. The molecule has 3 amide bonds. The van der Waals surface area contributed by atoms with E-state index in [9.17, 15) is 19.2 Å². The van der Waals surface area contributed by atoms with Crippen LogP contribution in [0.15, 0.2) is 12.1 Å². The fraction of sp³-hybridized carbons (Fsp3) is 0.412. The molecule has 26 heavy (non-hydrogen) atoms. The average molecular weight is 401 g/mol. The fourth-order valence-electron chi connectivity index (χ4n) is 2.43. The van der Waals surface area contributed by atoms with E-state index in [-0.39, 0.29) is 21.2 Å². The number of hydrogen-bond donors (Lipinski definition) is 1. The second-order valence-electron chi connectivity index (χ2n) is 5.84. The lowest BCUT2D eigenvalue weighted by atomic mass is 10.1. The van der Waals surface area contributed by atoms with E-state index in [0.717, 1.165) is 11.3 Å². The summed E-state index contributed by atoms with van der Waals surface area (Å²) in [5.41, 5.74) is 0.135. The first-order valence-electron chi connectivity index (χ1n) is 8.04. The molecular weight excluding hydrogens is 383 g/mol. The molecule has 0 aliphatic carbocycles. The Hall–Kier alpha value is -2.12. The van der Waals surface area contributed by atoms with Crippen molar-refractivity contribution in [2.75, 3.05) is 6.54 Å². The van der Waals surface area contributed by atoms with Crippen LogP contribution in [0.2, 0.25) is 10.0 Å². The van der Waals surface area contributed by atoms with Gasteiger partial charge in [0.1, 0.15) is 6.04 Å². The van der Waals surface area contributed by atoms with Gasteiger partial charge in [0.05, 0.1) is 21.2 Å². The van der Waals surface area contributed by atoms with E-state index in [1.165, 1.54) is 26.0 Å². The zero-order valence-corrected chi connectivity index (χ0v) is 16.0. The average Bonchev–Trinajstić information content (AvgIpc) is 2.83. The van der Waals surface area contributed by atoms with Crippen molar-refractivity contribution in [2.24, 2.45) is 0 Å². The summed E-state index contributed by atoms with van der Waals surface area (Å²) in [4.78, 5) is 49.9. The van der Waals surface area contributed by atoms with Crippen LogP contribution in [0.1, 0.15) is 47.9 Å². The molecule has 0 saturated carbocycles. The molecule has 0 saturated heterocycles. The van der Waals surface area contributed by atoms with Crippen molar-refractivity contribution >= 4 is 46.9 Å². The summed E-state index contributed by atoms with van der Waals surface area (Å²) < 4.78 is 5.08. The van der Waals surface area contributed by atoms with Gasteiger partial charge in [-0.3, -0.25) is 19.3 Å². The molecule has 0 fully saturated rings. The third kappa shape index (κ3) is 3.83. The smallest absolute Gasteiger partial charge is 0.329 e. The molecule has 1 heterocycles. The molecule has 1 aliphatic rings. The van der Waals surface area contributed by atoms with Crippen molar-refractivity contribution < 1.29 is 23.9 Å². The van der Waals surface area contributed by atoms with Crippen molar-refractivity contribution in [1.29, 1.82) is 0 Å². The monoisotopic (exact) mass is 400 g/mol. The van der Waals surface area contributed by atoms with Gasteiger partial charge in [-0.05, 0) is 32.4 Å². The number of hydrogen-bond acceptors (Lipinski definition) is 5. The van der Waals surface area contributed by atoms with Crippen LogP contribution in [0.5, 0.6) is 0 Å². The number of fused-ring (bicyclic) bond motifs is 1. The second kappa shape index (κ2) is 8.05. The number of carbonyl (C=O) groups excluding carboxylic acids is 4. The number of carbonyl (C=O) groups is 4. The van der Waals surface area contributed by atoms with Crippen LogP contribution in [-0.2, 0) is 14.3 Å². The van der Waals surface area contributed by atoms with Gasteiger partial charge in [-0.2, -0.15) is 0 Å². The molecule has 2 rings (SSSR count). The predicted molar refractivity (Wildman–Crippen MR) is 95.3 cm³/mol. The lowest BCUT2D eigenvalue weighted by Gasteiger charge is -2.22. The van der Waals surface area contributed by atoms with E-state index in [1.807, 2.05) is 6.92 Å². The minimum Gasteiger partial charge on any atom is -0.451 e.